The molecule has 0 aliphatic carbocycles. The van der Waals surface area contributed by atoms with Crippen molar-refractivity contribution in [2.45, 2.75) is 19.4 Å². The molecular weight excluding hydrogens is 257 g/mol. The molecule has 2 amide bonds. The number of carbonyl (C=O) groups excluding carboxylic acids is 1. The van der Waals surface area contributed by atoms with Crippen LogP contribution >= 0.6 is 0 Å². The van der Waals surface area contributed by atoms with Gasteiger partial charge in [0, 0.05) is 18.1 Å². The summed E-state index contributed by atoms with van der Waals surface area (Å²) >= 11 is 0. The molecule has 0 aliphatic rings. The number of benzene rings is 1. The molecule has 1 aromatic carbocycles. The van der Waals surface area contributed by atoms with E-state index in [2.05, 4.69) is 15.6 Å². The summed E-state index contributed by atoms with van der Waals surface area (Å²) < 4.78 is 12.9. The molecule has 0 saturated carbocycles. The third-order valence-electron chi connectivity index (χ3n) is 2.93. The van der Waals surface area contributed by atoms with Gasteiger partial charge in [0.15, 0.2) is 0 Å². The molecule has 0 saturated heterocycles. The number of halogens is 1. The fourth-order valence-corrected chi connectivity index (χ4v) is 1.82. The molecule has 0 atom stereocenters. The molecule has 104 valence electrons. The van der Waals surface area contributed by atoms with Crippen LogP contribution in [0.4, 0.5) is 14.9 Å². The van der Waals surface area contributed by atoms with Crippen molar-refractivity contribution in [1.82, 2.24) is 10.3 Å². The second-order valence-corrected chi connectivity index (χ2v) is 4.95. The van der Waals surface area contributed by atoms with E-state index in [1.807, 2.05) is 13.8 Å². The Hall–Kier alpha value is -2.43. The van der Waals surface area contributed by atoms with E-state index < -0.39 is 5.54 Å². The monoisotopic (exact) mass is 273 g/mol. The minimum absolute atomic E-state index is 0.300. The van der Waals surface area contributed by atoms with Crippen LogP contribution in [0.5, 0.6) is 0 Å². The van der Waals surface area contributed by atoms with Gasteiger partial charge < -0.3 is 10.6 Å². The van der Waals surface area contributed by atoms with E-state index in [4.69, 9.17) is 0 Å². The first-order chi connectivity index (χ1) is 9.47. The van der Waals surface area contributed by atoms with E-state index in [-0.39, 0.29) is 11.8 Å². The zero-order valence-corrected chi connectivity index (χ0v) is 11.4. The third-order valence-corrected chi connectivity index (χ3v) is 2.93. The Morgan fingerprint density at radius 2 is 1.70 bits per heavy atom. The zero-order valence-electron chi connectivity index (χ0n) is 11.4. The van der Waals surface area contributed by atoms with Gasteiger partial charge in [-0.2, -0.15) is 0 Å². The predicted octanol–water partition coefficient (Wildman–Crippen LogP) is 3.28. The van der Waals surface area contributed by atoms with Gasteiger partial charge in [0.05, 0.1) is 5.54 Å². The summed E-state index contributed by atoms with van der Waals surface area (Å²) in [7, 11) is 0. The van der Waals surface area contributed by atoms with Gasteiger partial charge in [0.1, 0.15) is 5.82 Å². The van der Waals surface area contributed by atoms with Crippen molar-refractivity contribution in [1.29, 1.82) is 0 Å². The lowest BCUT2D eigenvalue weighted by Crippen LogP contribution is -2.43. The van der Waals surface area contributed by atoms with Gasteiger partial charge >= 0.3 is 6.03 Å². The predicted molar refractivity (Wildman–Crippen MR) is 75.8 cm³/mol. The Labute approximate surface area is 117 Å². The maximum Gasteiger partial charge on any atom is 0.319 e. The number of amides is 2. The van der Waals surface area contributed by atoms with Crippen molar-refractivity contribution in [3.8, 4) is 0 Å². The summed E-state index contributed by atoms with van der Waals surface area (Å²) in [5.74, 6) is -0.300. The fraction of sp³-hybridized carbons (Fsp3) is 0.200. The number of anilines is 1. The molecule has 0 unspecified atom stereocenters. The van der Waals surface area contributed by atoms with E-state index in [0.717, 1.165) is 5.56 Å². The summed E-state index contributed by atoms with van der Waals surface area (Å²) in [4.78, 5) is 15.8. The molecule has 1 aromatic heterocycles. The molecule has 2 aromatic rings. The summed E-state index contributed by atoms with van der Waals surface area (Å²) in [6.45, 7) is 3.71. The lowest BCUT2D eigenvalue weighted by atomic mass is 9.94. The maximum atomic E-state index is 12.9. The highest BCUT2D eigenvalue weighted by Crippen LogP contribution is 2.20. The first kappa shape index (κ1) is 14.0. The topological polar surface area (TPSA) is 54.0 Å². The van der Waals surface area contributed by atoms with E-state index in [0.29, 0.717) is 5.69 Å². The number of urea groups is 1. The molecule has 2 rings (SSSR count). The number of aromatic nitrogens is 1. The second-order valence-electron chi connectivity index (χ2n) is 4.95. The summed E-state index contributed by atoms with van der Waals surface area (Å²) in [5, 5.41) is 5.56. The lowest BCUT2D eigenvalue weighted by Gasteiger charge is -2.27. The zero-order chi connectivity index (χ0) is 14.6. The van der Waals surface area contributed by atoms with Gasteiger partial charge in [-0.3, -0.25) is 4.98 Å². The first-order valence-electron chi connectivity index (χ1n) is 6.22. The lowest BCUT2D eigenvalue weighted by molar-refractivity contribution is 0.242. The van der Waals surface area contributed by atoms with Crippen molar-refractivity contribution in [3.63, 3.8) is 0 Å². The standard InChI is InChI=1S/C15H16FN3O/c1-15(2,11-3-5-12(16)6-4-11)19-14(20)18-13-7-9-17-10-8-13/h3-10H,1-2H3,(H2,17,18,19,20). The fourth-order valence-electron chi connectivity index (χ4n) is 1.82. The number of nitrogens with zero attached hydrogens (tertiary/aromatic N) is 1. The Kier molecular flexibility index (Phi) is 3.98. The molecular formula is C15H16FN3O. The van der Waals surface area contributed by atoms with Gasteiger partial charge in [-0.05, 0) is 43.7 Å². The number of rotatable bonds is 3. The minimum Gasteiger partial charge on any atom is -0.329 e. The normalized spacial score (nSPS) is 10.9. The van der Waals surface area contributed by atoms with Gasteiger partial charge in [-0.1, -0.05) is 12.1 Å². The molecule has 0 radical (unpaired) electrons. The Balaban J connectivity index is 2.04. The highest BCUT2D eigenvalue weighted by molar-refractivity contribution is 5.89. The third kappa shape index (κ3) is 3.54. The van der Waals surface area contributed by atoms with E-state index in [1.165, 1.54) is 12.1 Å². The number of pyridine rings is 1. The Bertz CT molecular complexity index is 582. The van der Waals surface area contributed by atoms with Crippen LogP contribution < -0.4 is 10.6 Å². The molecule has 0 spiro atoms. The molecule has 0 bridgehead atoms. The van der Waals surface area contributed by atoms with Crippen LogP contribution in [0.25, 0.3) is 0 Å². The van der Waals surface area contributed by atoms with Crippen LogP contribution in [0.3, 0.4) is 0 Å². The van der Waals surface area contributed by atoms with Crippen molar-refractivity contribution < 1.29 is 9.18 Å². The van der Waals surface area contributed by atoms with Crippen LogP contribution in [0, 0.1) is 5.82 Å². The molecule has 0 fully saturated rings. The molecule has 0 aliphatic heterocycles. The van der Waals surface area contributed by atoms with E-state index in [1.54, 1.807) is 36.7 Å². The Morgan fingerprint density at radius 1 is 1.10 bits per heavy atom. The van der Waals surface area contributed by atoms with Crippen LogP contribution in [0.1, 0.15) is 19.4 Å². The van der Waals surface area contributed by atoms with Crippen LogP contribution in [-0.4, -0.2) is 11.0 Å². The minimum atomic E-state index is -0.606. The van der Waals surface area contributed by atoms with Gasteiger partial charge in [-0.15, -0.1) is 0 Å². The van der Waals surface area contributed by atoms with E-state index in [9.17, 15) is 9.18 Å². The summed E-state index contributed by atoms with van der Waals surface area (Å²) in [5.41, 5.74) is 0.876. The van der Waals surface area contributed by atoms with Gasteiger partial charge in [0.2, 0.25) is 0 Å². The summed E-state index contributed by atoms with van der Waals surface area (Å²) in [6, 6.07) is 9.13. The molecule has 5 heteroatoms. The quantitative estimate of drug-likeness (QED) is 0.901. The average Bonchev–Trinajstić information content (AvgIpc) is 2.39. The van der Waals surface area contributed by atoms with Crippen molar-refractivity contribution >= 4 is 11.7 Å². The molecule has 20 heavy (non-hydrogen) atoms. The van der Waals surface area contributed by atoms with Gasteiger partial charge in [0.25, 0.3) is 0 Å². The highest BCUT2D eigenvalue weighted by atomic mass is 19.1. The number of hydrogen-bond donors (Lipinski definition) is 2. The van der Waals surface area contributed by atoms with Crippen LogP contribution in [0.15, 0.2) is 48.8 Å². The van der Waals surface area contributed by atoms with Crippen molar-refractivity contribution in [3.05, 3.63) is 60.2 Å². The van der Waals surface area contributed by atoms with E-state index >= 15 is 0 Å². The molecule has 4 nitrogen and oxygen atoms in total. The summed E-state index contributed by atoms with van der Waals surface area (Å²) in [6.07, 6.45) is 3.20. The molecule has 1 heterocycles. The number of nitrogens with one attached hydrogen (secondary N) is 2. The highest BCUT2D eigenvalue weighted by Gasteiger charge is 2.22. The van der Waals surface area contributed by atoms with Gasteiger partial charge in [-0.25, -0.2) is 9.18 Å². The number of carbonyl (C=O) groups is 1. The first-order valence-corrected chi connectivity index (χ1v) is 6.22. The average molecular weight is 273 g/mol. The van der Waals surface area contributed by atoms with Crippen molar-refractivity contribution in [2.24, 2.45) is 0 Å². The van der Waals surface area contributed by atoms with Crippen molar-refractivity contribution in [2.75, 3.05) is 5.32 Å². The van der Waals surface area contributed by atoms with Crippen LogP contribution in [-0.2, 0) is 5.54 Å². The maximum absolute atomic E-state index is 12.9. The van der Waals surface area contributed by atoms with Crippen LogP contribution in [0.2, 0.25) is 0 Å². The Morgan fingerprint density at radius 3 is 2.30 bits per heavy atom. The SMILES string of the molecule is CC(C)(NC(=O)Nc1ccncc1)c1ccc(F)cc1. The molecule has 2 N–H and O–H groups in total. The smallest absolute Gasteiger partial charge is 0.319 e. The largest absolute Gasteiger partial charge is 0.329 e. The second kappa shape index (κ2) is 5.69. The number of hydrogen-bond acceptors (Lipinski definition) is 2.